The maximum absolute atomic E-state index is 5.80. The van der Waals surface area contributed by atoms with Gasteiger partial charge in [-0.3, -0.25) is 0 Å². The minimum absolute atomic E-state index is 0.456. The standard InChI is InChI=1S/C11H22N2O/c1-14-10-3-2-6-13(7-10)9-11(8-12)4-5-11/h10H,2-9,12H2,1H3. The Labute approximate surface area is 86.6 Å². The van der Waals surface area contributed by atoms with E-state index in [1.54, 1.807) is 0 Å². The monoisotopic (exact) mass is 198 g/mol. The molecular formula is C11H22N2O. The lowest BCUT2D eigenvalue weighted by atomic mass is 10.0. The summed E-state index contributed by atoms with van der Waals surface area (Å²) in [5.74, 6) is 0. The molecule has 1 aliphatic carbocycles. The number of piperidine rings is 1. The number of rotatable bonds is 4. The van der Waals surface area contributed by atoms with Crippen molar-refractivity contribution >= 4 is 0 Å². The fourth-order valence-electron chi connectivity index (χ4n) is 2.43. The van der Waals surface area contributed by atoms with Crippen LogP contribution in [0.15, 0.2) is 0 Å². The molecule has 0 aromatic carbocycles. The third kappa shape index (κ3) is 2.27. The van der Waals surface area contributed by atoms with Gasteiger partial charge in [0.05, 0.1) is 6.10 Å². The summed E-state index contributed by atoms with van der Waals surface area (Å²) in [4.78, 5) is 2.54. The van der Waals surface area contributed by atoms with Crippen LogP contribution in [0.5, 0.6) is 0 Å². The summed E-state index contributed by atoms with van der Waals surface area (Å²) in [5, 5.41) is 0. The minimum Gasteiger partial charge on any atom is -0.380 e. The number of nitrogens with zero attached hydrogens (tertiary/aromatic N) is 1. The van der Waals surface area contributed by atoms with Gasteiger partial charge in [0.15, 0.2) is 0 Å². The second kappa shape index (κ2) is 4.17. The van der Waals surface area contributed by atoms with Crippen LogP contribution in [0.1, 0.15) is 25.7 Å². The van der Waals surface area contributed by atoms with E-state index in [4.69, 9.17) is 10.5 Å². The van der Waals surface area contributed by atoms with E-state index in [0.717, 1.165) is 13.1 Å². The number of hydrogen-bond donors (Lipinski definition) is 1. The highest BCUT2D eigenvalue weighted by atomic mass is 16.5. The lowest BCUT2D eigenvalue weighted by molar-refractivity contribution is 0.0246. The van der Waals surface area contributed by atoms with Crippen LogP contribution in [0.2, 0.25) is 0 Å². The van der Waals surface area contributed by atoms with Gasteiger partial charge in [-0.05, 0) is 44.2 Å². The Morgan fingerprint density at radius 1 is 1.50 bits per heavy atom. The first-order chi connectivity index (χ1) is 6.78. The van der Waals surface area contributed by atoms with Crippen molar-refractivity contribution < 1.29 is 4.74 Å². The maximum atomic E-state index is 5.80. The van der Waals surface area contributed by atoms with Crippen LogP contribution in [0.25, 0.3) is 0 Å². The summed E-state index contributed by atoms with van der Waals surface area (Å²) in [6, 6.07) is 0. The molecule has 1 atom stereocenters. The van der Waals surface area contributed by atoms with Crippen molar-refractivity contribution in [2.75, 3.05) is 33.3 Å². The molecule has 0 amide bonds. The molecule has 0 radical (unpaired) electrons. The van der Waals surface area contributed by atoms with Crippen molar-refractivity contribution in [3.05, 3.63) is 0 Å². The molecule has 2 aliphatic rings. The molecule has 3 heteroatoms. The van der Waals surface area contributed by atoms with Crippen LogP contribution in [0.3, 0.4) is 0 Å². The van der Waals surface area contributed by atoms with Gasteiger partial charge in [-0.25, -0.2) is 0 Å². The Bertz CT molecular complexity index is 192. The molecule has 1 aliphatic heterocycles. The minimum atomic E-state index is 0.456. The zero-order valence-corrected chi connectivity index (χ0v) is 9.17. The van der Waals surface area contributed by atoms with E-state index < -0.39 is 0 Å². The second-order valence-corrected chi connectivity index (χ2v) is 4.94. The molecule has 1 unspecified atom stereocenters. The van der Waals surface area contributed by atoms with E-state index in [1.807, 2.05) is 7.11 Å². The number of ether oxygens (including phenoxy) is 1. The van der Waals surface area contributed by atoms with E-state index in [-0.39, 0.29) is 0 Å². The summed E-state index contributed by atoms with van der Waals surface area (Å²) < 4.78 is 5.42. The molecule has 0 bridgehead atoms. The van der Waals surface area contributed by atoms with E-state index in [1.165, 1.54) is 38.8 Å². The van der Waals surface area contributed by atoms with Gasteiger partial charge in [-0.15, -0.1) is 0 Å². The first kappa shape index (κ1) is 10.4. The molecular weight excluding hydrogens is 176 g/mol. The number of methoxy groups -OCH3 is 1. The fourth-order valence-corrected chi connectivity index (χ4v) is 2.43. The molecule has 2 rings (SSSR count). The lowest BCUT2D eigenvalue weighted by Crippen LogP contribution is -2.43. The summed E-state index contributed by atoms with van der Waals surface area (Å²) in [6.07, 6.45) is 5.62. The Balaban J connectivity index is 1.80. The fraction of sp³-hybridized carbons (Fsp3) is 1.00. The van der Waals surface area contributed by atoms with Gasteiger partial charge in [0.25, 0.3) is 0 Å². The van der Waals surface area contributed by atoms with Crippen LogP contribution in [0, 0.1) is 5.41 Å². The Morgan fingerprint density at radius 3 is 2.86 bits per heavy atom. The van der Waals surface area contributed by atoms with Gasteiger partial charge < -0.3 is 15.4 Å². The van der Waals surface area contributed by atoms with Crippen LogP contribution in [-0.4, -0.2) is 44.3 Å². The molecule has 2 N–H and O–H groups in total. The summed E-state index contributed by atoms with van der Waals surface area (Å²) in [7, 11) is 1.82. The van der Waals surface area contributed by atoms with E-state index in [9.17, 15) is 0 Å². The van der Waals surface area contributed by atoms with Gasteiger partial charge in [0.1, 0.15) is 0 Å². The third-order valence-corrected chi connectivity index (χ3v) is 3.74. The highest BCUT2D eigenvalue weighted by molar-refractivity contribution is 4.97. The molecule has 1 heterocycles. The summed E-state index contributed by atoms with van der Waals surface area (Å²) >= 11 is 0. The van der Waals surface area contributed by atoms with Gasteiger partial charge in [-0.1, -0.05) is 0 Å². The van der Waals surface area contributed by atoms with Gasteiger partial charge >= 0.3 is 0 Å². The molecule has 2 fully saturated rings. The van der Waals surface area contributed by atoms with Crippen molar-refractivity contribution in [3.8, 4) is 0 Å². The average molecular weight is 198 g/mol. The summed E-state index contributed by atoms with van der Waals surface area (Å²) in [6.45, 7) is 4.41. The predicted molar refractivity (Wildman–Crippen MR) is 57.2 cm³/mol. The van der Waals surface area contributed by atoms with Gasteiger partial charge in [0.2, 0.25) is 0 Å². The van der Waals surface area contributed by atoms with Gasteiger partial charge in [-0.2, -0.15) is 0 Å². The Morgan fingerprint density at radius 2 is 2.29 bits per heavy atom. The molecule has 1 saturated heterocycles. The summed E-state index contributed by atoms with van der Waals surface area (Å²) in [5.41, 5.74) is 6.28. The van der Waals surface area contributed by atoms with E-state index >= 15 is 0 Å². The Kier molecular flexibility index (Phi) is 3.10. The topological polar surface area (TPSA) is 38.5 Å². The van der Waals surface area contributed by atoms with Crippen molar-refractivity contribution in [1.82, 2.24) is 4.90 Å². The molecule has 0 spiro atoms. The van der Waals surface area contributed by atoms with Crippen LogP contribution in [0.4, 0.5) is 0 Å². The van der Waals surface area contributed by atoms with Crippen LogP contribution in [-0.2, 0) is 4.74 Å². The molecule has 82 valence electrons. The smallest absolute Gasteiger partial charge is 0.0698 e. The molecule has 14 heavy (non-hydrogen) atoms. The average Bonchev–Trinajstić information content (AvgIpc) is 2.99. The van der Waals surface area contributed by atoms with Gasteiger partial charge in [0, 0.05) is 20.2 Å². The number of likely N-dealkylation sites (tertiary alicyclic amines) is 1. The molecule has 0 aromatic heterocycles. The second-order valence-electron chi connectivity index (χ2n) is 4.94. The highest BCUT2D eigenvalue weighted by Gasteiger charge is 2.42. The lowest BCUT2D eigenvalue weighted by Gasteiger charge is -2.34. The third-order valence-electron chi connectivity index (χ3n) is 3.74. The zero-order valence-electron chi connectivity index (χ0n) is 9.17. The van der Waals surface area contributed by atoms with Crippen molar-refractivity contribution in [3.63, 3.8) is 0 Å². The first-order valence-corrected chi connectivity index (χ1v) is 5.73. The van der Waals surface area contributed by atoms with E-state index in [2.05, 4.69) is 4.90 Å². The number of nitrogens with two attached hydrogens (primary N) is 1. The largest absolute Gasteiger partial charge is 0.380 e. The van der Waals surface area contributed by atoms with Crippen LogP contribution < -0.4 is 5.73 Å². The van der Waals surface area contributed by atoms with Crippen molar-refractivity contribution in [2.24, 2.45) is 11.1 Å². The first-order valence-electron chi connectivity index (χ1n) is 5.73. The zero-order chi connectivity index (χ0) is 10.0. The molecule has 3 nitrogen and oxygen atoms in total. The normalized spacial score (nSPS) is 31.7. The Hall–Kier alpha value is -0.120. The SMILES string of the molecule is COC1CCCN(CC2(CN)CC2)C1. The maximum Gasteiger partial charge on any atom is 0.0698 e. The number of hydrogen-bond acceptors (Lipinski definition) is 3. The highest BCUT2D eigenvalue weighted by Crippen LogP contribution is 2.45. The molecule has 0 aromatic rings. The van der Waals surface area contributed by atoms with E-state index in [0.29, 0.717) is 11.5 Å². The predicted octanol–water partition coefficient (Wildman–Crippen LogP) is 0.836. The van der Waals surface area contributed by atoms with Crippen molar-refractivity contribution in [2.45, 2.75) is 31.8 Å². The molecule has 1 saturated carbocycles. The van der Waals surface area contributed by atoms with Crippen molar-refractivity contribution in [1.29, 1.82) is 0 Å². The van der Waals surface area contributed by atoms with Crippen LogP contribution >= 0.6 is 0 Å². The quantitative estimate of drug-likeness (QED) is 0.727.